The number of amides is 1. The number of nitrogens with one attached hydrogen (secondary N) is 1. The van der Waals surface area contributed by atoms with Crippen LogP contribution in [0.2, 0.25) is 0 Å². The van der Waals surface area contributed by atoms with Gasteiger partial charge in [0.05, 0.1) is 11.6 Å². The fourth-order valence-electron chi connectivity index (χ4n) is 3.61. The van der Waals surface area contributed by atoms with Crippen LogP contribution in [0.15, 0.2) is 54.6 Å². The summed E-state index contributed by atoms with van der Waals surface area (Å²) in [6.45, 7) is 6.50. The molecule has 0 aliphatic carbocycles. The van der Waals surface area contributed by atoms with E-state index in [-0.39, 0.29) is 5.91 Å². The second-order valence-electron chi connectivity index (χ2n) is 7.62. The molecule has 0 bridgehead atoms. The highest BCUT2D eigenvalue weighted by molar-refractivity contribution is 5.94. The molecule has 1 N–H and O–H groups in total. The van der Waals surface area contributed by atoms with Gasteiger partial charge in [0.15, 0.2) is 0 Å². The van der Waals surface area contributed by atoms with Gasteiger partial charge in [-0.2, -0.15) is 5.26 Å². The average molecular weight is 412 g/mol. The number of hydrogen-bond acceptors (Lipinski definition) is 6. The maximum Gasteiger partial charge on any atom is 0.254 e. The second kappa shape index (κ2) is 8.84. The van der Waals surface area contributed by atoms with E-state index in [1.54, 1.807) is 24.3 Å². The number of carbonyl (C=O) groups excluding carboxylic acids is 1. The first-order valence-electron chi connectivity index (χ1n) is 10.3. The first kappa shape index (κ1) is 20.4. The minimum Gasteiger partial charge on any atom is -0.353 e. The van der Waals surface area contributed by atoms with Crippen LogP contribution in [0.5, 0.6) is 0 Å². The number of carbonyl (C=O) groups is 1. The fraction of sp³-hybridized carbons (Fsp3) is 0.250. The number of hydrogen-bond donors (Lipinski definition) is 1. The summed E-state index contributed by atoms with van der Waals surface area (Å²) in [6, 6.07) is 19.0. The smallest absolute Gasteiger partial charge is 0.254 e. The Labute approximate surface area is 182 Å². The van der Waals surface area contributed by atoms with Crippen LogP contribution in [0, 0.1) is 25.2 Å². The second-order valence-corrected chi connectivity index (χ2v) is 7.62. The van der Waals surface area contributed by atoms with Gasteiger partial charge in [0.1, 0.15) is 17.5 Å². The summed E-state index contributed by atoms with van der Waals surface area (Å²) in [4.78, 5) is 25.9. The van der Waals surface area contributed by atoms with Gasteiger partial charge in [-0.1, -0.05) is 23.8 Å². The van der Waals surface area contributed by atoms with Crippen LogP contribution in [-0.4, -0.2) is 47.0 Å². The van der Waals surface area contributed by atoms with Crippen molar-refractivity contribution in [2.45, 2.75) is 13.8 Å². The third kappa shape index (κ3) is 4.81. The lowest BCUT2D eigenvalue weighted by molar-refractivity contribution is 0.0746. The molecule has 0 saturated carbocycles. The summed E-state index contributed by atoms with van der Waals surface area (Å²) in [7, 11) is 0. The van der Waals surface area contributed by atoms with Gasteiger partial charge < -0.3 is 15.1 Å². The number of anilines is 3. The van der Waals surface area contributed by atoms with Crippen LogP contribution in [-0.2, 0) is 0 Å². The molecular weight excluding hydrogens is 388 g/mol. The zero-order valence-corrected chi connectivity index (χ0v) is 17.7. The maximum atomic E-state index is 12.8. The van der Waals surface area contributed by atoms with E-state index in [0.717, 1.165) is 17.3 Å². The summed E-state index contributed by atoms with van der Waals surface area (Å²) >= 11 is 0. The van der Waals surface area contributed by atoms with Gasteiger partial charge in [-0.15, -0.1) is 0 Å². The molecule has 1 fully saturated rings. The molecule has 7 heteroatoms. The van der Waals surface area contributed by atoms with Crippen LogP contribution >= 0.6 is 0 Å². The number of piperazine rings is 1. The molecule has 2 heterocycles. The van der Waals surface area contributed by atoms with Gasteiger partial charge in [0.25, 0.3) is 5.91 Å². The summed E-state index contributed by atoms with van der Waals surface area (Å²) in [5.74, 6) is 2.25. The SMILES string of the molecule is Cc1ccc(Nc2cc(N3CCN(C(=O)c4cccc(C#N)c4)CC3)nc(C)n2)cc1. The molecule has 7 nitrogen and oxygen atoms in total. The average Bonchev–Trinajstić information content (AvgIpc) is 2.80. The molecular formula is C24H24N6O. The Balaban J connectivity index is 1.43. The van der Waals surface area contributed by atoms with E-state index in [1.807, 2.05) is 30.0 Å². The predicted octanol–water partition coefficient (Wildman–Crippen LogP) is 3.67. The minimum atomic E-state index is -0.0441. The van der Waals surface area contributed by atoms with Crippen molar-refractivity contribution in [3.63, 3.8) is 0 Å². The number of nitrogens with zero attached hydrogens (tertiary/aromatic N) is 5. The summed E-state index contributed by atoms with van der Waals surface area (Å²) in [6.07, 6.45) is 0. The quantitative estimate of drug-likeness (QED) is 0.704. The van der Waals surface area contributed by atoms with E-state index >= 15 is 0 Å². The highest BCUT2D eigenvalue weighted by Gasteiger charge is 2.23. The van der Waals surface area contributed by atoms with Gasteiger partial charge in [-0.25, -0.2) is 9.97 Å². The fourth-order valence-corrected chi connectivity index (χ4v) is 3.61. The summed E-state index contributed by atoms with van der Waals surface area (Å²) in [5, 5.41) is 12.4. The molecule has 1 aromatic heterocycles. The molecule has 156 valence electrons. The van der Waals surface area contributed by atoms with Gasteiger partial charge in [-0.05, 0) is 44.2 Å². The number of rotatable bonds is 4. The molecule has 1 saturated heterocycles. The van der Waals surface area contributed by atoms with Crippen molar-refractivity contribution in [2.75, 3.05) is 36.4 Å². The molecule has 2 aromatic carbocycles. The zero-order valence-electron chi connectivity index (χ0n) is 17.7. The normalized spacial score (nSPS) is 13.6. The van der Waals surface area contributed by atoms with E-state index in [4.69, 9.17) is 5.26 Å². The van der Waals surface area contributed by atoms with E-state index < -0.39 is 0 Å². The van der Waals surface area contributed by atoms with Crippen molar-refractivity contribution < 1.29 is 4.79 Å². The largest absolute Gasteiger partial charge is 0.353 e. The molecule has 1 aliphatic rings. The Morgan fingerprint density at radius 2 is 1.74 bits per heavy atom. The lowest BCUT2D eigenvalue weighted by Crippen LogP contribution is -2.49. The lowest BCUT2D eigenvalue weighted by atomic mass is 10.1. The van der Waals surface area contributed by atoms with Crippen molar-refractivity contribution in [3.05, 3.63) is 77.1 Å². The number of nitriles is 1. The van der Waals surface area contributed by atoms with Gasteiger partial charge >= 0.3 is 0 Å². The molecule has 4 rings (SSSR count). The highest BCUT2D eigenvalue weighted by Crippen LogP contribution is 2.22. The lowest BCUT2D eigenvalue weighted by Gasteiger charge is -2.35. The number of aryl methyl sites for hydroxylation is 2. The molecule has 1 amide bonds. The van der Waals surface area contributed by atoms with Crippen LogP contribution in [0.4, 0.5) is 17.3 Å². The Bertz CT molecular complexity index is 1130. The Kier molecular flexibility index (Phi) is 5.80. The Morgan fingerprint density at radius 1 is 1.00 bits per heavy atom. The molecule has 0 radical (unpaired) electrons. The van der Waals surface area contributed by atoms with E-state index in [0.29, 0.717) is 43.1 Å². The van der Waals surface area contributed by atoms with Crippen molar-refractivity contribution in [1.29, 1.82) is 5.26 Å². The number of aromatic nitrogens is 2. The maximum absolute atomic E-state index is 12.8. The van der Waals surface area contributed by atoms with Crippen molar-refractivity contribution in [1.82, 2.24) is 14.9 Å². The van der Waals surface area contributed by atoms with Crippen LogP contribution in [0.25, 0.3) is 0 Å². The summed E-state index contributed by atoms with van der Waals surface area (Å²) in [5.41, 5.74) is 3.23. The predicted molar refractivity (Wildman–Crippen MR) is 121 cm³/mol. The first-order chi connectivity index (χ1) is 15.0. The monoisotopic (exact) mass is 412 g/mol. The van der Waals surface area contributed by atoms with Crippen LogP contribution in [0.3, 0.4) is 0 Å². The van der Waals surface area contributed by atoms with E-state index in [2.05, 4.69) is 45.3 Å². The third-order valence-corrected chi connectivity index (χ3v) is 5.28. The molecule has 0 unspecified atom stereocenters. The van der Waals surface area contributed by atoms with Gasteiger partial charge in [0.2, 0.25) is 0 Å². The highest BCUT2D eigenvalue weighted by atomic mass is 16.2. The first-order valence-corrected chi connectivity index (χ1v) is 10.3. The van der Waals surface area contributed by atoms with E-state index in [9.17, 15) is 4.79 Å². The van der Waals surface area contributed by atoms with Crippen molar-refractivity contribution in [3.8, 4) is 6.07 Å². The van der Waals surface area contributed by atoms with Gasteiger partial charge in [0, 0.05) is 43.5 Å². The third-order valence-electron chi connectivity index (χ3n) is 5.28. The summed E-state index contributed by atoms with van der Waals surface area (Å²) < 4.78 is 0. The molecule has 0 spiro atoms. The topological polar surface area (TPSA) is 85.1 Å². The van der Waals surface area contributed by atoms with Gasteiger partial charge in [-0.3, -0.25) is 4.79 Å². The molecule has 0 atom stereocenters. The minimum absolute atomic E-state index is 0.0441. The van der Waals surface area contributed by atoms with Crippen molar-refractivity contribution >= 4 is 23.2 Å². The van der Waals surface area contributed by atoms with Crippen LogP contribution < -0.4 is 10.2 Å². The van der Waals surface area contributed by atoms with Crippen LogP contribution in [0.1, 0.15) is 27.3 Å². The zero-order chi connectivity index (χ0) is 21.8. The standard InChI is InChI=1S/C24H24N6O/c1-17-6-8-21(9-7-17)28-22-15-23(27-18(2)26-22)29-10-12-30(13-11-29)24(31)20-5-3-4-19(14-20)16-25/h3-9,14-15H,10-13H2,1-2H3,(H,26,27,28). The number of benzene rings is 2. The molecule has 1 aliphatic heterocycles. The Morgan fingerprint density at radius 3 is 2.45 bits per heavy atom. The Hall–Kier alpha value is -3.92. The molecule has 31 heavy (non-hydrogen) atoms. The molecule has 3 aromatic rings. The van der Waals surface area contributed by atoms with E-state index in [1.165, 1.54) is 5.56 Å². The van der Waals surface area contributed by atoms with Crippen molar-refractivity contribution in [2.24, 2.45) is 0 Å².